The average molecular weight is 340 g/mol. The van der Waals surface area contributed by atoms with Crippen LogP contribution < -0.4 is 10.1 Å². The second-order valence-electron chi connectivity index (χ2n) is 6.92. The van der Waals surface area contributed by atoms with Crippen LogP contribution in [0.3, 0.4) is 0 Å². The van der Waals surface area contributed by atoms with Crippen molar-refractivity contribution < 1.29 is 9.53 Å². The van der Waals surface area contributed by atoms with E-state index in [0.717, 1.165) is 16.9 Å². The summed E-state index contributed by atoms with van der Waals surface area (Å²) in [4.78, 5) is 14.9. The van der Waals surface area contributed by atoms with E-state index >= 15 is 0 Å². The number of amides is 1. The molecule has 4 nitrogen and oxygen atoms in total. The topological polar surface area (TPSA) is 41.6 Å². The zero-order chi connectivity index (χ0) is 18.4. The van der Waals surface area contributed by atoms with Gasteiger partial charge in [0.25, 0.3) is 0 Å². The summed E-state index contributed by atoms with van der Waals surface area (Å²) in [6.07, 6.45) is 0. The molecule has 2 aromatic rings. The zero-order valence-electron chi connectivity index (χ0n) is 15.7. The standard InChI is InChI=1S/C21H28N2O2/c1-21(2,16-11-7-6-8-12-16)20(24)22-15-18(23(3)4)17-13-9-10-14-19(17)25-5/h6-14,18H,15H2,1-5H3,(H,22,24). The van der Waals surface area contributed by atoms with Gasteiger partial charge in [0.1, 0.15) is 5.75 Å². The Morgan fingerprint density at radius 2 is 1.68 bits per heavy atom. The highest BCUT2D eigenvalue weighted by atomic mass is 16.5. The Labute approximate surface area is 150 Å². The molecule has 0 aromatic heterocycles. The summed E-state index contributed by atoms with van der Waals surface area (Å²) >= 11 is 0. The molecular formula is C21H28N2O2. The normalized spacial score (nSPS) is 12.7. The number of methoxy groups -OCH3 is 1. The molecule has 1 amide bonds. The lowest BCUT2D eigenvalue weighted by atomic mass is 9.83. The van der Waals surface area contributed by atoms with Crippen molar-refractivity contribution in [1.82, 2.24) is 10.2 Å². The van der Waals surface area contributed by atoms with Crippen LogP contribution >= 0.6 is 0 Å². The maximum absolute atomic E-state index is 12.8. The number of hydrogen-bond donors (Lipinski definition) is 1. The van der Waals surface area contributed by atoms with Crippen molar-refractivity contribution >= 4 is 5.91 Å². The highest BCUT2D eigenvalue weighted by molar-refractivity contribution is 5.87. The predicted octanol–water partition coefficient (Wildman–Crippen LogP) is 3.39. The van der Waals surface area contributed by atoms with Crippen molar-refractivity contribution in [3.05, 3.63) is 65.7 Å². The van der Waals surface area contributed by atoms with Gasteiger partial charge in [-0.1, -0.05) is 48.5 Å². The van der Waals surface area contributed by atoms with Gasteiger partial charge in [-0.25, -0.2) is 0 Å². The third kappa shape index (κ3) is 4.40. The number of ether oxygens (including phenoxy) is 1. The Morgan fingerprint density at radius 1 is 1.08 bits per heavy atom. The van der Waals surface area contributed by atoms with Crippen LogP contribution in [0.25, 0.3) is 0 Å². The predicted molar refractivity (Wildman–Crippen MR) is 102 cm³/mol. The van der Waals surface area contributed by atoms with Crippen molar-refractivity contribution in [3.63, 3.8) is 0 Å². The Morgan fingerprint density at radius 3 is 2.28 bits per heavy atom. The first-order valence-corrected chi connectivity index (χ1v) is 8.51. The molecule has 134 valence electrons. The molecule has 0 aliphatic rings. The third-order valence-corrected chi connectivity index (χ3v) is 4.64. The van der Waals surface area contributed by atoms with E-state index in [4.69, 9.17) is 4.74 Å². The Bertz CT molecular complexity index is 696. The molecule has 1 N–H and O–H groups in total. The molecule has 0 heterocycles. The zero-order valence-corrected chi connectivity index (χ0v) is 15.7. The molecule has 0 radical (unpaired) electrons. The van der Waals surface area contributed by atoms with Crippen LogP contribution in [0.1, 0.15) is 31.0 Å². The maximum atomic E-state index is 12.8. The lowest BCUT2D eigenvalue weighted by Gasteiger charge is -2.29. The van der Waals surface area contributed by atoms with E-state index in [1.165, 1.54) is 0 Å². The molecule has 0 saturated heterocycles. The van der Waals surface area contributed by atoms with Crippen molar-refractivity contribution in [2.75, 3.05) is 27.7 Å². The van der Waals surface area contributed by atoms with E-state index in [1.54, 1.807) is 7.11 Å². The number of nitrogens with zero attached hydrogens (tertiary/aromatic N) is 1. The van der Waals surface area contributed by atoms with Crippen LogP contribution in [0.2, 0.25) is 0 Å². The summed E-state index contributed by atoms with van der Waals surface area (Å²) in [5.74, 6) is 0.846. The van der Waals surface area contributed by atoms with Gasteiger partial charge in [0.05, 0.1) is 18.6 Å². The Balaban J connectivity index is 2.15. The number of nitrogens with one attached hydrogen (secondary N) is 1. The van der Waals surface area contributed by atoms with Gasteiger partial charge in [-0.05, 0) is 39.6 Å². The molecule has 2 aromatic carbocycles. The van der Waals surface area contributed by atoms with E-state index in [-0.39, 0.29) is 11.9 Å². The molecule has 0 aliphatic carbocycles. The molecule has 2 rings (SSSR count). The van der Waals surface area contributed by atoms with Gasteiger partial charge in [0.15, 0.2) is 0 Å². The Hall–Kier alpha value is -2.33. The first-order chi connectivity index (χ1) is 11.9. The van der Waals surface area contributed by atoms with Gasteiger partial charge in [-0.3, -0.25) is 4.79 Å². The lowest BCUT2D eigenvalue weighted by Crippen LogP contribution is -2.43. The number of likely N-dealkylation sites (N-methyl/N-ethyl adjacent to an activating group) is 1. The first kappa shape index (κ1) is 19.0. The van der Waals surface area contributed by atoms with Crippen LogP contribution in [0.4, 0.5) is 0 Å². The fourth-order valence-corrected chi connectivity index (χ4v) is 2.91. The van der Waals surface area contributed by atoms with Crippen molar-refractivity contribution in [1.29, 1.82) is 0 Å². The summed E-state index contributed by atoms with van der Waals surface area (Å²) in [5, 5.41) is 3.12. The van der Waals surface area contributed by atoms with Gasteiger partial charge in [0.2, 0.25) is 5.91 Å². The highest BCUT2D eigenvalue weighted by Crippen LogP contribution is 2.28. The largest absolute Gasteiger partial charge is 0.496 e. The quantitative estimate of drug-likeness (QED) is 0.840. The highest BCUT2D eigenvalue weighted by Gasteiger charge is 2.30. The number of hydrogen-bond acceptors (Lipinski definition) is 3. The van der Waals surface area contributed by atoms with Gasteiger partial charge in [0, 0.05) is 12.1 Å². The van der Waals surface area contributed by atoms with Gasteiger partial charge in [-0.15, -0.1) is 0 Å². The van der Waals surface area contributed by atoms with Crippen LogP contribution in [0, 0.1) is 0 Å². The molecule has 0 aliphatic heterocycles. The van der Waals surface area contributed by atoms with Crippen LogP contribution in [0.15, 0.2) is 54.6 Å². The molecular weight excluding hydrogens is 312 g/mol. The van der Waals surface area contributed by atoms with Crippen LogP contribution in [0.5, 0.6) is 5.75 Å². The summed E-state index contributed by atoms with van der Waals surface area (Å²) in [5.41, 5.74) is 1.48. The number of carbonyl (C=O) groups is 1. The Kier molecular flexibility index (Phi) is 6.21. The number of benzene rings is 2. The van der Waals surface area contributed by atoms with Gasteiger partial charge >= 0.3 is 0 Å². The summed E-state index contributed by atoms with van der Waals surface area (Å²) in [6.45, 7) is 4.42. The summed E-state index contributed by atoms with van der Waals surface area (Å²) < 4.78 is 5.48. The summed E-state index contributed by atoms with van der Waals surface area (Å²) in [7, 11) is 5.68. The van der Waals surface area contributed by atoms with Crippen molar-refractivity contribution in [2.45, 2.75) is 25.3 Å². The first-order valence-electron chi connectivity index (χ1n) is 8.51. The molecule has 0 spiro atoms. The smallest absolute Gasteiger partial charge is 0.230 e. The second-order valence-corrected chi connectivity index (χ2v) is 6.92. The lowest BCUT2D eigenvalue weighted by molar-refractivity contribution is -0.125. The average Bonchev–Trinajstić information content (AvgIpc) is 2.62. The molecule has 1 atom stereocenters. The van der Waals surface area contributed by atoms with E-state index in [2.05, 4.69) is 10.2 Å². The maximum Gasteiger partial charge on any atom is 0.230 e. The van der Waals surface area contributed by atoms with E-state index in [9.17, 15) is 4.79 Å². The van der Waals surface area contributed by atoms with Gasteiger partial charge in [-0.2, -0.15) is 0 Å². The third-order valence-electron chi connectivity index (χ3n) is 4.64. The molecule has 4 heteroatoms. The van der Waals surface area contributed by atoms with Crippen LogP contribution in [-0.2, 0) is 10.2 Å². The van der Waals surface area contributed by atoms with Crippen LogP contribution in [-0.4, -0.2) is 38.6 Å². The summed E-state index contributed by atoms with van der Waals surface area (Å²) in [6, 6.07) is 17.8. The molecule has 0 fully saturated rings. The second kappa shape index (κ2) is 8.17. The molecule has 1 unspecified atom stereocenters. The fraction of sp³-hybridized carbons (Fsp3) is 0.381. The van der Waals surface area contributed by atoms with Crippen molar-refractivity contribution in [3.8, 4) is 5.75 Å². The SMILES string of the molecule is COc1ccccc1C(CNC(=O)C(C)(C)c1ccccc1)N(C)C. The molecule has 0 bridgehead atoms. The molecule has 25 heavy (non-hydrogen) atoms. The minimum absolute atomic E-state index is 0.0143. The van der Waals surface area contributed by atoms with E-state index in [0.29, 0.717) is 6.54 Å². The van der Waals surface area contributed by atoms with E-state index in [1.807, 2.05) is 82.5 Å². The van der Waals surface area contributed by atoms with E-state index < -0.39 is 5.41 Å². The van der Waals surface area contributed by atoms with Crippen molar-refractivity contribution in [2.24, 2.45) is 0 Å². The molecule has 0 saturated carbocycles. The van der Waals surface area contributed by atoms with Gasteiger partial charge < -0.3 is 15.0 Å². The minimum atomic E-state index is -0.584. The fourth-order valence-electron chi connectivity index (χ4n) is 2.91. The number of carbonyl (C=O) groups excluding carboxylic acids is 1. The number of rotatable bonds is 7. The number of para-hydroxylation sites is 1. The monoisotopic (exact) mass is 340 g/mol. The minimum Gasteiger partial charge on any atom is -0.496 e.